The number of rotatable bonds is 10. The summed E-state index contributed by atoms with van der Waals surface area (Å²) in [6, 6.07) is 18.9. The normalized spacial score (nSPS) is 12.6. The Balaban J connectivity index is 1.96. The Morgan fingerprint density at radius 1 is 1.00 bits per heavy atom. The number of nitrogens with zero attached hydrogens (tertiary/aromatic N) is 1. The zero-order valence-electron chi connectivity index (χ0n) is 16.8. The minimum absolute atomic E-state index is 0.0335. The van der Waals surface area contributed by atoms with Crippen molar-refractivity contribution in [2.75, 3.05) is 17.1 Å². The van der Waals surface area contributed by atoms with E-state index in [0.29, 0.717) is 18.0 Å². The summed E-state index contributed by atoms with van der Waals surface area (Å²) in [6.07, 6.45) is 2.78. The van der Waals surface area contributed by atoms with Crippen LogP contribution in [0.3, 0.4) is 0 Å². The van der Waals surface area contributed by atoms with Crippen molar-refractivity contribution in [2.24, 2.45) is 5.92 Å². The average Bonchev–Trinajstić information content (AvgIpc) is 2.65. The fourth-order valence-corrected chi connectivity index (χ4v) is 4.13. The van der Waals surface area contributed by atoms with E-state index in [1.54, 1.807) is 24.3 Å². The molecule has 5 nitrogen and oxygen atoms in total. The zero-order valence-corrected chi connectivity index (χ0v) is 17.7. The summed E-state index contributed by atoms with van der Waals surface area (Å²) in [5.74, 6) is 0.389. The van der Waals surface area contributed by atoms with Crippen molar-refractivity contribution in [3.8, 4) is 0 Å². The van der Waals surface area contributed by atoms with E-state index in [0.717, 1.165) is 12.0 Å². The first-order valence-electron chi connectivity index (χ1n) is 9.64. The number of para-hydroxylation sites is 1. The largest absolute Gasteiger partial charge is 0.349 e. The molecule has 0 saturated heterocycles. The zero-order chi connectivity index (χ0) is 20.6. The molecule has 28 heavy (non-hydrogen) atoms. The highest BCUT2D eigenvalue weighted by Gasteiger charge is 2.19. The molecular formula is C22H30N2O3S. The molecule has 0 fully saturated rings. The third-order valence-electron chi connectivity index (χ3n) is 4.45. The van der Waals surface area contributed by atoms with Gasteiger partial charge in [0.1, 0.15) is 0 Å². The summed E-state index contributed by atoms with van der Waals surface area (Å²) in [7, 11) is -3.40. The average molecular weight is 403 g/mol. The van der Waals surface area contributed by atoms with E-state index in [4.69, 9.17) is 0 Å². The van der Waals surface area contributed by atoms with E-state index in [1.807, 2.05) is 36.4 Å². The van der Waals surface area contributed by atoms with E-state index in [2.05, 4.69) is 19.2 Å². The lowest BCUT2D eigenvalue weighted by Gasteiger charge is -2.23. The van der Waals surface area contributed by atoms with Crippen LogP contribution in [0, 0.1) is 5.92 Å². The van der Waals surface area contributed by atoms with Gasteiger partial charge in [0.25, 0.3) is 0 Å². The number of sulfonamides is 1. The number of nitrogens with one attached hydrogen (secondary N) is 1. The quantitative estimate of drug-likeness (QED) is 0.650. The van der Waals surface area contributed by atoms with Gasteiger partial charge in [-0.3, -0.25) is 9.10 Å². The van der Waals surface area contributed by atoms with Crippen LogP contribution in [0.2, 0.25) is 0 Å². The van der Waals surface area contributed by atoms with Crippen molar-refractivity contribution >= 4 is 21.6 Å². The number of carbonyl (C=O) groups excluding carboxylic acids is 1. The second kappa shape index (κ2) is 10.3. The highest BCUT2D eigenvalue weighted by molar-refractivity contribution is 7.92. The second-order valence-corrected chi connectivity index (χ2v) is 9.34. The lowest BCUT2D eigenvalue weighted by Crippen LogP contribution is -2.33. The van der Waals surface area contributed by atoms with Gasteiger partial charge in [-0.1, -0.05) is 62.4 Å². The Hall–Kier alpha value is -2.34. The Morgan fingerprint density at radius 3 is 2.11 bits per heavy atom. The molecule has 152 valence electrons. The van der Waals surface area contributed by atoms with Crippen LogP contribution in [0.4, 0.5) is 5.69 Å². The van der Waals surface area contributed by atoms with Crippen LogP contribution >= 0.6 is 0 Å². The Bertz CT molecular complexity index is 837. The van der Waals surface area contributed by atoms with Gasteiger partial charge in [0.15, 0.2) is 0 Å². The lowest BCUT2D eigenvalue weighted by atomic mass is 9.97. The topological polar surface area (TPSA) is 66.5 Å². The fraction of sp³-hybridized carbons (Fsp3) is 0.409. The Kier molecular flexibility index (Phi) is 8.05. The van der Waals surface area contributed by atoms with Crippen molar-refractivity contribution in [1.29, 1.82) is 0 Å². The molecule has 0 bridgehead atoms. The van der Waals surface area contributed by atoms with Crippen LogP contribution in [-0.2, 0) is 14.8 Å². The molecule has 6 heteroatoms. The molecule has 0 aliphatic carbocycles. The van der Waals surface area contributed by atoms with Gasteiger partial charge >= 0.3 is 0 Å². The van der Waals surface area contributed by atoms with Crippen molar-refractivity contribution in [1.82, 2.24) is 5.32 Å². The van der Waals surface area contributed by atoms with Crippen LogP contribution in [0.25, 0.3) is 0 Å². The third kappa shape index (κ3) is 7.00. The number of carbonyl (C=O) groups is 1. The minimum atomic E-state index is -3.40. The van der Waals surface area contributed by atoms with Crippen molar-refractivity contribution in [3.63, 3.8) is 0 Å². The molecule has 0 unspecified atom stereocenters. The molecule has 0 radical (unpaired) electrons. The third-order valence-corrected chi connectivity index (χ3v) is 5.65. The first-order valence-corrected chi connectivity index (χ1v) is 11.5. The molecule has 2 rings (SSSR count). The number of hydrogen-bond donors (Lipinski definition) is 1. The summed E-state index contributed by atoms with van der Waals surface area (Å²) in [4.78, 5) is 12.5. The number of amides is 1. The highest BCUT2D eigenvalue weighted by Crippen LogP contribution is 2.22. The van der Waals surface area contributed by atoms with Gasteiger partial charge < -0.3 is 5.32 Å². The fourth-order valence-electron chi connectivity index (χ4n) is 3.17. The maximum atomic E-state index is 12.5. The Labute approximate surface area is 168 Å². The van der Waals surface area contributed by atoms with Crippen molar-refractivity contribution in [3.05, 3.63) is 66.2 Å². The molecule has 2 aromatic carbocycles. The first kappa shape index (κ1) is 22.0. The second-order valence-electron chi connectivity index (χ2n) is 7.43. The highest BCUT2D eigenvalue weighted by atomic mass is 32.2. The molecule has 1 atom stereocenters. The van der Waals surface area contributed by atoms with E-state index in [-0.39, 0.29) is 24.9 Å². The minimum Gasteiger partial charge on any atom is -0.349 e. The monoisotopic (exact) mass is 402 g/mol. The van der Waals surface area contributed by atoms with Gasteiger partial charge in [-0.25, -0.2) is 8.42 Å². The molecule has 0 heterocycles. The predicted molar refractivity (Wildman–Crippen MR) is 115 cm³/mol. The van der Waals surface area contributed by atoms with Gasteiger partial charge in [-0.15, -0.1) is 0 Å². The SMILES string of the molecule is CC(C)C[C@H](NC(=O)CCCN(c1ccccc1)S(C)(=O)=O)c1ccccc1. The molecule has 0 aliphatic rings. The molecule has 1 amide bonds. The van der Waals surface area contributed by atoms with Gasteiger partial charge in [0, 0.05) is 13.0 Å². The van der Waals surface area contributed by atoms with E-state index in [9.17, 15) is 13.2 Å². The summed E-state index contributed by atoms with van der Waals surface area (Å²) in [5.41, 5.74) is 1.71. The van der Waals surface area contributed by atoms with Gasteiger partial charge in [0.05, 0.1) is 18.0 Å². The molecule has 0 aromatic heterocycles. The summed E-state index contributed by atoms with van der Waals surface area (Å²) in [6.45, 7) is 4.54. The lowest BCUT2D eigenvalue weighted by molar-refractivity contribution is -0.122. The smallest absolute Gasteiger partial charge is 0.232 e. The molecule has 0 saturated carbocycles. The molecule has 0 aliphatic heterocycles. The maximum absolute atomic E-state index is 12.5. The van der Waals surface area contributed by atoms with E-state index >= 15 is 0 Å². The number of benzene rings is 2. The molecule has 1 N–H and O–H groups in total. The van der Waals surface area contributed by atoms with Gasteiger partial charge in [-0.2, -0.15) is 0 Å². The van der Waals surface area contributed by atoms with Crippen LogP contribution in [-0.4, -0.2) is 27.1 Å². The molecule has 0 spiro atoms. The van der Waals surface area contributed by atoms with Crippen LogP contribution in [0.5, 0.6) is 0 Å². The van der Waals surface area contributed by atoms with Crippen LogP contribution in [0.15, 0.2) is 60.7 Å². The maximum Gasteiger partial charge on any atom is 0.232 e. The van der Waals surface area contributed by atoms with E-state index < -0.39 is 10.0 Å². The summed E-state index contributed by atoms with van der Waals surface area (Å²) >= 11 is 0. The van der Waals surface area contributed by atoms with Crippen molar-refractivity contribution < 1.29 is 13.2 Å². The standard InChI is InChI=1S/C22H30N2O3S/c1-18(2)17-21(19-11-6-4-7-12-19)23-22(25)15-10-16-24(28(3,26)27)20-13-8-5-9-14-20/h4-9,11-14,18,21H,10,15-17H2,1-3H3,(H,23,25)/t21-/m0/s1. The Morgan fingerprint density at radius 2 is 1.57 bits per heavy atom. The van der Waals surface area contributed by atoms with Gasteiger partial charge in [0.2, 0.25) is 15.9 Å². The van der Waals surface area contributed by atoms with Gasteiger partial charge in [-0.05, 0) is 36.5 Å². The first-order chi connectivity index (χ1) is 13.3. The van der Waals surface area contributed by atoms with Crippen molar-refractivity contribution in [2.45, 2.75) is 39.2 Å². The number of hydrogen-bond acceptors (Lipinski definition) is 3. The molecular weight excluding hydrogens is 372 g/mol. The summed E-state index contributed by atoms with van der Waals surface area (Å²) in [5, 5.41) is 3.11. The van der Waals surface area contributed by atoms with E-state index in [1.165, 1.54) is 10.6 Å². The summed E-state index contributed by atoms with van der Waals surface area (Å²) < 4.78 is 25.6. The van der Waals surface area contributed by atoms with Crippen LogP contribution < -0.4 is 9.62 Å². The number of anilines is 1. The van der Waals surface area contributed by atoms with Crippen LogP contribution in [0.1, 0.15) is 44.7 Å². The predicted octanol–water partition coefficient (Wildman–Crippen LogP) is 4.14. The molecule has 2 aromatic rings.